The number of hydrogen-bond acceptors (Lipinski definition) is 4. The van der Waals surface area contributed by atoms with Crippen molar-refractivity contribution in [3.63, 3.8) is 0 Å². The molecule has 0 aliphatic rings. The Morgan fingerprint density at radius 1 is 1.29 bits per heavy atom. The maximum Gasteiger partial charge on any atom is 0.115 e. The zero-order chi connectivity index (χ0) is 10.6. The lowest BCUT2D eigenvalue weighted by molar-refractivity contribution is -0.0392. The second kappa shape index (κ2) is 4.95. The molecule has 14 heavy (non-hydrogen) atoms. The van der Waals surface area contributed by atoms with Crippen LogP contribution in [-0.4, -0.2) is 35.1 Å². The maximum atomic E-state index is 9.40. The van der Waals surface area contributed by atoms with Crippen molar-refractivity contribution in [2.75, 3.05) is 13.7 Å². The summed E-state index contributed by atoms with van der Waals surface area (Å²) in [5.74, 6) is 0.155. The first-order chi connectivity index (χ1) is 6.69. The van der Waals surface area contributed by atoms with Gasteiger partial charge in [-0.05, 0) is 17.7 Å². The number of methoxy groups -OCH3 is 1. The first-order valence-corrected chi connectivity index (χ1v) is 4.29. The zero-order valence-electron chi connectivity index (χ0n) is 7.92. The van der Waals surface area contributed by atoms with Crippen molar-refractivity contribution in [3.05, 3.63) is 29.8 Å². The van der Waals surface area contributed by atoms with E-state index >= 15 is 0 Å². The summed E-state index contributed by atoms with van der Waals surface area (Å²) in [5, 5.41) is 27.2. The Morgan fingerprint density at radius 2 is 1.86 bits per heavy atom. The minimum absolute atomic E-state index is 0.155. The second-order valence-corrected chi connectivity index (χ2v) is 3.00. The highest BCUT2D eigenvalue weighted by Crippen LogP contribution is 2.22. The SMILES string of the molecule is CO[C@H](c1ccc(O)cc1)[C@H](O)CO. The van der Waals surface area contributed by atoms with Gasteiger partial charge in [-0.1, -0.05) is 12.1 Å². The summed E-state index contributed by atoms with van der Waals surface area (Å²) in [7, 11) is 1.45. The molecule has 0 spiro atoms. The van der Waals surface area contributed by atoms with Crippen molar-refractivity contribution < 1.29 is 20.1 Å². The number of aromatic hydroxyl groups is 1. The van der Waals surface area contributed by atoms with Crippen LogP contribution in [0, 0.1) is 0 Å². The van der Waals surface area contributed by atoms with Gasteiger partial charge in [-0.3, -0.25) is 0 Å². The Bertz CT molecular complexity index is 270. The molecule has 0 aromatic heterocycles. The summed E-state index contributed by atoms with van der Waals surface area (Å²) in [6.07, 6.45) is -1.52. The fourth-order valence-electron chi connectivity index (χ4n) is 1.28. The predicted molar refractivity (Wildman–Crippen MR) is 50.9 cm³/mol. The van der Waals surface area contributed by atoms with Gasteiger partial charge in [0.25, 0.3) is 0 Å². The molecule has 0 bridgehead atoms. The van der Waals surface area contributed by atoms with Gasteiger partial charge in [-0.25, -0.2) is 0 Å². The monoisotopic (exact) mass is 198 g/mol. The van der Waals surface area contributed by atoms with Crippen LogP contribution in [0.5, 0.6) is 5.75 Å². The van der Waals surface area contributed by atoms with E-state index in [1.165, 1.54) is 19.2 Å². The molecule has 0 heterocycles. The number of phenolic OH excluding ortho intramolecular Hbond substituents is 1. The highest BCUT2D eigenvalue weighted by Gasteiger charge is 2.19. The molecule has 1 rings (SSSR count). The van der Waals surface area contributed by atoms with Crippen LogP contribution < -0.4 is 0 Å². The number of aliphatic hydroxyl groups excluding tert-OH is 2. The highest BCUT2D eigenvalue weighted by molar-refractivity contribution is 5.27. The summed E-state index contributed by atoms with van der Waals surface area (Å²) < 4.78 is 5.04. The van der Waals surface area contributed by atoms with Gasteiger partial charge in [-0.15, -0.1) is 0 Å². The van der Waals surface area contributed by atoms with Gasteiger partial charge in [0.1, 0.15) is 18.0 Å². The van der Waals surface area contributed by atoms with E-state index in [2.05, 4.69) is 0 Å². The Labute approximate surface area is 82.4 Å². The van der Waals surface area contributed by atoms with Crippen molar-refractivity contribution in [3.8, 4) is 5.75 Å². The van der Waals surface area contributed by atoms with Crippen LogP contribution in [0.25, 0.3) is 0 Å². The standard InChI is InChI=1S/C10H14O4/c1-14-10(9(13)6-11)7-2-4-8(12)5-3-7/h2-5,9-13H,6H2,1H3/t9-,10-/m1/s1. The van der Waals surface area contributed by atoms with Gasteiger partial charge in [0.15, 0.2) is 0 Å². The van der Waals surface area contributed by atoms with Crippen LogP contribution in [0.15, 0.2) is 24.3 Å². The van der Waals surface area contributed by atoms with Crippen LogP contribution in [-0.2, 0) is 4.74 Å². The van der Waals surface area contributed by atoms with Crippen LogP contribution in [0.1, 0.15) is 11.7 Å². The summed E-state index contributed by atoms with van der Waals surface area (Å²) in [6, 6.07) is 6.29. The van der Waals surface area contributed by atoms with Crippen molar-refractivity contribution in [1.82, 2.24) is 0 Å². The molecule has 0 aliphatic heterocycles. The minimum atomic E-state index is -0.954. The topological polar surface area (TPSA) is 69.9 Å². The molecular formula is C10H14O4. The van der Waals surface area contributed by atoms with Crippen molar-refractivity contribution in [1.29, 1.82) is 0 Å². The molecule has 4 nitrogen and oxygen atoms in total. The third kappa shape index (κ3) is 2.45. The highest BCUT2D eigenvalue weighted by atomic mass is 16.5. The number of phenols is 1. The summed E-state index contributed by atoms with van der Waals surface area (Å²) in [5.41, 5.74) is 0.715. The van der Waals surface area contributed by atoms with Gasteiger partial charge < -0.3 is 20.1 Å². The smallest absolute Gasteiger partial charge is 0.115 e. The first kappa shape index (κ1) is 11.0. The fraction of sp³-hybridized carbons (Fsp3) is 0.400. The Hall–Kier alpha value is -1.10. The van der Waals surface area contributed by atoms with Crippen LogP contribution in [0.4, 0.5) is 0 Å². The van der Waals surface area contributed by atoms with E-state index in [1.807, 2.05) is 0 Å². The summed E-state index contributed by atoms with van der Waals surface area (Å²) in [6.45, 7) is -0.362. The third-order valence-corrected chi connectivity index (χ3v) is 2.01. The zero-order valence-corrected chi connectivity index (χ0v) is 7.92. The maximum absolute atomic E-state index is 9.40. The molecule has 1 aromatic rings. The molecule has 1 aromatic carbocycles. The molecule has 78 valence electrons. The number of rotatable bonds is 4. The molecule has 0 fully saturated rings. The van der Waals surface area contributed by atoms with E-state index in [9.17, 15) is 5.11 Å². The third-order valence-electron chi connectivity index (χ3n) is 2.01. The minimum Gasteiger partial charge on any atom is -0.508 e. The van der Waals surface area contributed by atoms with Crippen LogP contribution in [0.3, 0.4) is 0 Å². The van der Waals surface area contributed by atoms with E-state index in [-0.39, 0.29) is 12.4 Å². The van der Waals surface area contributed by atoms with Crippen LogP contribution in [0.2, 0.25) is 0 Å². The lowest BCUT2D eigenvalue weighted by Crippen LogP contribution is -2.23. The summed E-state index contributed by atoms with van der Waals surface area (Å²) in [4.78, 5) is 0. The lowest BCUT2D eigenvalue weighted by Gasteiger charge is -2.20. The van der Waals surface area contributed by atoms with Crippen LogP contribution >= 0.6 is 0 Å². The molecule has 0 amide bonds. The molecule has 0 aliphatic carbocycles. The number of benzene rings is 1. The van der Waals surface area contributed by atoms with Crippen molar-refractivity contribution in [2.24, 2.45) is 0 Å². The molecule has 3 N–H and O–H groups in total. The van der Waals surface area contributed by atoms with E-state index < -0.39 is 12.2 Å². The molecule has 0 saturated carbocycles. The molecule has 0 unspecified atom stereocenters. The summed E-state index contributed by atoms with van der Waals surface area (Å²) >= 11 is 0. The van der Waals surface area contributed by atoms with Gasteiger partial charge in [-0.2, -0.15) is 0 Å². The molecular weight excluding hydrogens is 184 g/mol. The van der Waals surface area contributed by atoms with Gasteiger partial charge in [0.05, 0.1) is 6.61 Å². The molecule has 4 heteroatoms. The normalized spacial score (nSPS) is 15.1. The fourth-order valence-corrected chi connectivity index (χ4v) is 1.28. The number of ether oxygens (including phenoxy) is 1. The van der Waals surface area contributed by atoms with Gasteiger partial charge in [0.2, 0.25) is 0 Å². The average molecular weight is 198 g/mol. The van der Waals surface area contributed by atoms with Crippen molar-refractivity contribution >= 4 is 0 Å². The van der Waals surface area contributed by atoms with Gasteiger partial charge in [0, 0.05) is 7.11 Å². The van der Waals surface area contributed by atoms with E-state index in [4.69, 9.17) is 14.9 Å². The Morgan fingerprint density at radius 3 is 2.29 bits per heavy atom. The number of hydrogen-bond donors (Lipinski definition) is 3. The van der Waals surface area contributed by atoms with E-state index in [0.29, 0.717) is 5.56 Å². The average Bonchev–Trinajstić information content (AvgIpc) is 2.21. The van der Waals surface area contributed by atoms with Crippen molar-refractivity contribution in [2.45, 2.75) is 12.2 Å². The first-order valence-electron chi connectivity index (χ1n) is 4.29. The van der Waals surface area contributed by atoms with E-state index in [1.54, 1.807) is 12.1 Å². The largest absolute Gasteiger partial charge is 0.508 e. The Kier molecular flexibility index (Phi) is 3.88. The number of aliphatic hydroxyl groups is 2. The molecule has 0 saturated heterocycles. The molecule has 0 radical (unpaired) electrons. The Balaban J connectivity index is 2.84. The second-order valence-electron chi connectivity index (χ2n) is 3.00. The lowest BCUT2D eigenvalue weighted by atomic mass is 10.0. The predicted octanol–water partition coefficient (Wildman–Crippen LogP) is 0.433. The van der Waals surface area contributed by atoms with E-state index in [0.717, 1.165) is 0 Å². The quantitative estimate of drug-likeness (QED) is 0.656. The van der Waals surface area contributed by atoms with Gasteiger partial charge >= 0.3 is 0 Å². The molecule has 2 atom stereocenters.